The molecular formula is C14H19ClN6O. The Kier molecular flexibility index (Phi) is 5.85. The number of nitrogens with zero attached hydrogens (tertiary/aromatic N) is 3. The van der Waals surface area contributed by atoms with Gasteiger partial charge in [0.2, 0.25) is 11.7 Å². The summed E-state index contributed by atoms with van der Waals surface area (Å²) in [5.74, 6) is 0.865. The van der Waals surface area contributed by atoms with Crippen molar-refractivity contribution in [2.75, 3.05) is 13.1 Å². The predicted octanol–water partition coefficient (Wildman–Crippen LogP) is 0.904. The van der Waals surface area contributed by atoms with Gasteiger partial charge in [0.1, 0.15) is 0 Å². The predicted molar refractivity (Wildman–Crippen MR) is 84.3 cm³/mol. The molecule has 22 heavy (non-hydrogen) atoms. The molecule has 0 saturated carbocycles. The lowest BCUT2D eigenvalue weighted by atomic mass is 9.97. The van der Waals surface area contributed by atoms with E-state index >= 15 is 0 Å². The van der Waals surface area contributed by atoms with Gasteiger partial charge in [-0.1, -0.05) is 24.3 Å². The molecule has 1 amide bonds. The van der Waals surface area contributed by atoms with Gasteiger partial charge in [-0.25, -0.2) is 0 Å². The molecule has 118 valence electrons. The summed E-state index contributed by atoms with van der Waals surface area (Å²) in [7, 11) is 0. The maximum atomic E-state index is 12.1. The fourth-order valence-electron chi connectivity index (χ4n) is 2.47. The van der Waals surface area contributed by atoms with Crippen molar-refractivity contribution in [1.82, 2.24) is 31.3 Å². The van der Waals surface area contributed by atoms with Gasteiger partial charge in [-0.15, -0.1) is 22.6 Å². The van der Waals surface area contributed by atoms with Gasteiger partial charge in [0.05, 0.1) is 0 Å². The molecule has 1 aromatic heterocycles. The van der Waals surface area contributed by atoms with Crippen molar-refractivity contribution in [1.29, 1.82) is 0 Å². The zero-order chi connectivity index (χ0) is 14.5. The number of hydrogen-bond acceptors (Lipinski definition) is 5. The van der Waals surface area contributed by atoms with Gasteiger partial charge < -0.3 is 10.6 Å². The van der Waals surface area contributed by atoms with Crippen LogP contribution in [0.15, 0.2) is 24.3 Å². The summed E-state index contributed by atoms with van der Waals surface area (Å²) in [6.45, 7) is 2.41. The van der Waals surface area contributed by atoms with Crippen LogP contribution < -0.4 is 10.6 Å². The van der Waals surface area contributed by atoms with Crippen LogP contribution >= 0.6 is 12.4 Å². The first kappa shape index (κ1) is 16.4. The molecule has 2 aromatic rings. The van der Waals surface area contributed by atoms with Gasteiger partial charge in [-0.2, -0.15) is 5.21 Å². The van der Waals surface area contributed by atoms with Crippen molar-refractivity contribution in [2.45, 2.75) is 19.4 Å². The number of hydrogen-bond donors (Lipinski definition) is 3. The Labute approximate surface area is 134 Å². The molecule has 1 aromatic carbocycles. The zero-order valence-corrected chi connectivity index (χ0v) is 12.9. The highest BCUT2D eigenvalue weighted by molar-refractivity contribution is 5.85. The molecule has 1 aliphatic heterocycles. The Hall–Kier alpha value is -1.99. The van der Waals surface area contributed by atoms with E-state index in [0.717, 1.165) is 37.1 Å². The van der Waals surface area contributed by atoms with Crippen LogP contribution in [0, 0.1) is 5.92 Å². The lowest BCUT2D eigenvalue weighted by molar-refractivity contribution is -0.125. The van der Waals surface area contributed by atoms with Crippen LogP contribution in [0.5, 0.6) is 0 Å². The fraction of sp³-hybridized carbons (Fsp3) is 0.429. The quantitative estimate of drug-likeness (QED) is 0.777. The smallest absolute Gasteiger partial charge is 0.223 e. The van der Waals surface area contributed by atoms with Gasteiger partial charge in [0.15, 0.2) is 0 Å². The third-order valence-corrected chi connectivity index (χ3v) is 3.73. The molecule has 3 N–H and O–H groups in total. The van der Waals surface area contributed by atoms with Crippen molar-refractivity contribution in [2.24, 2.45) is 5.92 Å². The molecule has 0 unspecified atom stereocenters. The van der Waals surface area contributed by atoms with Gasteiger partial charge in [-0.05, 0) is 36.7 Å². The topological polar surface area (TPSA) is 95.6 Å². The molecule has 8 heteroatoms. The molecule has 0 spiro atoms. The highest BCUT2D eigenvalue weighted by Crippen LogP contribution is 2.15. The number of benzene rings is 1. The van der Waals surface area contributed by atoms with Crippen molar-refractivity contribution < 1.29 is 4.79 Å². The average Bonchev–Trinajstić information content (AvgIpc) is 3.08. The lowest BCUT2D eigenvalue weighted by Crippen LogP contribution is -2.37. The van der Waals surface area contributed by atoms with Crippen molar-refractivity contribution >= 4 is 18.3 Å². The second-order valence-corrected chi connectivity index (χ2v) is 5.17. The minimum Gasteiger partial charge on any atom is -0.352 e. The van der Waals surface area contributed by atoms with Gasteiger partial charge in [0.25, 0.3) is 0 Å². The first-order chi connectivity index (χ1) is 10.3. The number of rotatable bonds is 4. The average molecular weight is 323 g/mol. The van der Waals surface area contributed by atoms with E-state index in [9.17, 15) is 4.79 Å². The number of piperidine rings is 1. The van der Waals surface area contributed by atoms with Crippen LogP contribution in [0.3, 0.4) is 0 Å². The normalized spacial score (nSPS) is 15.1. The minimum absolute atomic E-state index is 0. The van der Waals surface area contributed by atoms with Crippen LogP contribution in [0.1, 0.15) is 18.4 Å². The first-order valence-electron chi connectivity index (χ1n) is 7.14. The largest absolute Gasteiger partial charge is 0.352 e. The summed E-state index contributed by atoms with van der Waals surface area (Å²) >= 11 is 0. The van der Waals surface area contributed by atoms with Crippen LogP contribution in [0.25, 0.3) is 11.4 Å². The number of tetrazole rings is 1. The zero-order valence-electron chi connectivity index (χ0n) is 12.1. The Morgan fingerprint density at radius 2 is 1.95 bits per heavy atom. The van der Waals surface area contributed by atoms with E-state index in [2.05, 4.69) is 31.3 Å². The van der Waals surface area contributed by atoms with E-state index in [4.69, 9.17) is 0 Å². The SMILES string of the molecule is Cl.O=C(NCc1ccc(-c2nn[nH]n2)cc1)C1CCNCC1. The summed E-state index contributed by atoms with van der Waals surface area (Å²) in [5.41, 5.74) is 1.96. The molecular weight excluding hydrogens is 304 g/mol. The standard InChI is InChI=1S/C14H18N6O.ClH/c21-14(12-5-7-15-8-6-12)16-9-10-1-3-11(4-2-10)13-17-19-20-18-13;/h1-4,12,15H,5-9H2,(H,16,21)(H,17,18,19,20);1H. The molecule has 0 aliphatic carbocycles. The number of aromatic nitrogens is 4. The van der Waals surface area contributed by atoms with Gasteiger partial charge in [-0.3, -0.25) is 4.79 Å². The number of aromatic amines is 1. The number of carbonyl (C=O) groups is 1. The number of carbonyl (C=O) groups excluding carboxylic acids is 1. The van der Waals surface area contributed by atoms with Crippen LogP contribution in [-0.4, -0.2) is 39.6 Å². The molecule has 1 aliphatic rings. The molecule has 2 heterocycles. The second kappa shape index (κ2) is 7.86. The third-order valence-electron chi connectivity index (χ3n) is 3.73. The van der Waals surface area contributed by atoms with Crippen LogP contribution in [0.4, 0.5) is 0 Å². The number of H-pyrrole nitrogens is 1. The summed E-state index contributed by atoms with van der Waals surface area (Å²) in [6, 6.07) is 7.79. The summed E-state index contributed by atoms with van der Waals surface area (Å²) in [6.07, 6.45) is 1.84. The maximum Gasteiger partial charge on any atom is 0.223 e. The van der Waals surface area contributed by atoms with Crippen molar-refractivity contribution in [3.8, 4) is 11.4 Å². The van der Waals surface area contributed by atoms with E-state index in [1.807, 2.05) is 24.3 Å². The van der Waals surface area contributed by atoms with Crippen molar-refractivity contribution in [3.63, 3.8) is 0 Å². The molecule has 1 fully saturated rings. The monoisotopic (exact) mass is 322 g/mol. The van der Waals surface area contributed by atoms with E-state index < -0.39 is 0 Å². The highest BCUT2D eigenvalue weighted by atomic mass is 35.5. The van der Waals surface area contributed by atoms with Gasteiger partial charge in [0, 0.05) is 18.0 Å². The second-order valence-electron chi connectivity index (χ2n) is 5.17. The highest BCUT2D eigenvalue weighted by Gasteiger charge is 2.20. The number of halogens is 1. The molecule has 0 radical (unpaired) electrons. The molecule has 7 nitrogen and oxygen atoms in total. The number of nitrogens with one attached hydrogen (secondary N) is 3. The third kappa shape index (κ3) is 4.02. The van der Waals surface area contributed by atoms with E-state index in [1.165, 1.54) is 0 Å². The summed E-state index contributed by atoms with van der Waals surface area (Å²) < 4.78 is 0. The van der Waals surface area contributed by atoms with E-state index in [1.54, 1.807) is 0 Å². The summed E-state index contributed by atoms with van der Waals surface area (Å²) in [4.78, 5) is 12.1. The Bertz CT molecular complexity index is 580. The molecule has 0 bridgehead atoms. The summed E-state index contributed by atoms with van der Waals surface area (Å²) in [5, 5.41) is 20.1. The van der Waals surface area contributed by atoms with Crippen LogP contribution in [0.2, 0.25) is 0 Å². The first-order valence-corrected chi connectivity index (χ1v) is 7.14. The molecule has 3 rings (SSSR count). The van der Waals surface area contributed by atoms with Crippen molar-refractivity contribution in [3.05, 3.63) is 29.8 Å². The van der Waals surface area contributed by atoms with E-state index in [0.29, 0.717) is 12.4 Å². The van der Waals surface area contributed by atoms with E-state index in [-0.39, 0.29) is 24.2 Å². The Morgan fingerprint density at radius 1 is 1.23 bits per heavy atom. The fourth-order valence-corrected chi connectivity index (χ4v) is 2.47. The van der Waals surface area contributed by atoms with Crippen LogP contribution in [-0.2, 0) is 11.3 Å². The Morgan fingerprint density at radius 3 is 2.59 bits per heavy atom. The minimum atomic E-state index is 0. The lowest BCUT2D eigenvalue weighted by Gasteiger charge is -2.21. The molecule has 0 atom stereocenters. The number of amides is 1. The maximum absolute atomic E-state index is 12.1. The van der Waals surface area contributed by atoms with Gasteiger partial charge >= 0.3 is 0 Å². The molecule has 1 saturated heterocycles. The Balaban J connectivity index is 0.00000176.